The number of rotatable bonds is 6. The molecule has 0 saturated carbocycles. The highest BCUT2D eigenvalue weighted by atomic mass is 79.9. The van der Waals surface area contributed by atoms with Gasteiger partial charge in [0, 0.05) is 10.0 Å². The minimum absolute atomic E-state index is 0.243. The van der Waals surface area contributed by atoms with Crippen LogP contribution >= 0.6 is 39.1 Å². The molecule has 0 unspecified atom stereocenters. The first-order valence-corrected chi connectivity index (χ1v) is 8.28. The van der Waals surface area contributed by atoms with E-state index >= 15 is 0 Å². The van der Waals surface area contributed by atoms with Gasteiger partial charge in [0.1, 0.15) is 16.5 Å². The highest BCUT2D eigenvalue weighted by molar-refractivity contribution is 9.10. The smallest absolute Gasteiger partial charge is 0.277 e. The predicted molar refractivity (Wildman–Crippen MR) is 98.4 cm³/mol. The van der Waals surface area contributed by atoms with Crippen LogP contribution in [0.1, 0.15) is 5.56 Å². The van der Waals surface area contributed by atoms with Crippen molar-refractivity contribution >= 4 is 51.3 Å². The Kier molecular flexibility index (Phi) is 6.90. The lowest BCUT2D eigenvalue weighted by molar-refractivity contribution is -0.123. The van der Waals surface area contributed by atoms with E-state index in [1.54, 1.807) is 31.4 Å². The first-order chi connectivity index (χ1) is 11.5. The third-order valence-electron chi connectivity index (χ3n) is 2.86. The van der Waals surface area contributed by atoms with Crippen LogP contribution in [0.2, 0.25) is 10.0 Å². The van der Waals surface area contributed by atoms with Gasteiger partial charge in [0.15, 0.2) is 6.61 Å². The van der Waals surface area contributed by atoms with E-state index in [1.807, 2.05) is 12.1 Å². The van der Waals surface area contributed by atoms with Crippen LogP contribution in [0.15, 0.2) is 46.0 Å². The van der Waals surface area contributed by atoms with Gasteiger partial charge in [-0.2, -0.15) is 5.10 Å². The maximum atomic E-state index is 11.8. The van der Waals surface area contributed by atoms with Crippen LogP contribution in [0.3, 0.4) is 0 Å². The van der Waals surface area contributed by atoms with Crippen molar-refractivity contribution in [1.29, 1.82) is 0 Å². The third kappa shape index (κ3) is 5.12. The van der Waals surface area contributed by atoms with Crippen molar-refractivity contribution in [2.75, 3.05) is 13.7 Å². The Morgan fingerprint density at radius 3 is 2.83 bits per heavy atom. The fourth-order valence-corrected chi connectivity index (χ4v) is 2.48. The maximum Gasteiger partial charge on any atom is 0.277 e. The number of hydrogen-bond donors (Lipinski definition) is 1. The van der Waals surface area contributed by atoms with E-state index in [2.05, 4.69) is 26.5 Å². The summed E-state index contributed by atoms with van der Waals surface area (Å²) in [5.41, 5.74) is 3.08. The monoisotopic (exact) mass is 430 g/mol. The first-order valence-electron chi connectivity index (χ1n) is 6.73. The lowest BCUT2D eigenvalue weighted by Crippen LogP contribution is -2.24. The normalized spacial score (nSPS) is 10.7. The molecule has 0 spiro atoms. The van der Waals surface area contributed by atoms with Gasteiger partial charge in [0.05, 0.1) is 18.3 Å². The number of carbonyl (C=O) groups is 1. The molecule has 0 radical (unpaired) electrons. The molecule has 0 aromatic heterocycles. The average Bonchev–Trinajstić information content (AvgIpc) is 2.56. The molecule has 2 aromatic carbocycles. The lowest BCUT2D eigenvalue weighted by Gasteiger charge is -2.08. The van der Waals surface area contributed by atoms with Gasteiger partial charge in [-0.15, -0.1) is 0 Å². The van der Waals surface area contributed by atoms with E-state index in [9.17, 15) is 4.79 Å². The van der Waals surface area contributed by atoms with Crippen molar-refractivity contribution in [3.05, 3.63) is 56.5 Å². The molecule has 0 aliphatic carbocycles. The average molecular weight is 432 g/mol. The summed E-state index contributed by atoms with van der Waals surface area (Å²) in [6.45, 7) is -0.243. The second-order valence-electron chi connectivity index (χ2n) is 4.52. The minimum atomic E-state index is -0.434. The Hall–Kier alpha value is -1.76. The topological polar surface area (TPSA) is 59.9 Å². The number of ether oxygens (including phenoxy) is 2. The van der Waals surface area contributed by atoms with Gasteiger partial charge >= 0.3 is 0 Å². The van der Waals surface area contributed by atoms with Gasteiger partial charge < -0.3 is 9.47 Å². The van der Waals surface area contributed by atoms with E-state index in [1.165, 1.54) is 6.21 Å². The number of methoxy groups -OCH3 is 1. The molecule has 24 heavy (non-hydrogen) atoms. The lowest BCUT2D eigenvalue weighted by atomic mass is 10.2. The molecule has 0 aliphatic heterocycles. The van der Waals surface area contributed by atoms with Crippen molar-refractivity contribution < 1.29 is 14.3 Å². The Bertz CT molecular complexity index is 769. The zero-order valence-corrected chi connectivity index (χ0v) is 15.7. The van der Waals surface area contributed by atoms with Gasteiger partial charge in [-0.25, -0.2) is 5.43 Å². The predicted octanol–water partition coefficient (Wildman–Crippen LogP) is 4.29. The number of nitrogens with zero attached hydrogens (tertiary/aromatic N) is 1. The van der Waals surface area contributed by atoms with Crippen molar-refractivity contribution in [1.82, 2.24) is 5.43 Å². The first kappa shape index (κ1) is 18.6. The summed E-state index contributed by atoms with van der Waals surface area (Å²) in [5.74, 6) is 0.534. The molecule has 2 aromatic rings. The number of nitrogens with one attached hydrogen (secondary N) is 1. The summed E-state index contributed by atoms with van der Waals surface area (Å²) < 4.78 is 11.4. The zero-order chi connectivity index (χ0) is 17.5. The van der Waals surface area contributed by atoms with Gasteiger partial charge in [-0.05, 0) is 30.3 Å². The van der Waals surface area contributed by atoms with Crippen LogP contribution in [-0.2, 0) is 4.79 Å². The van der Waals surface area contributed by atoms with Gasteiger partial charge in [0.2, 0.25) is 0 Å². The summed E-state index contributed by atoms with van der Waals surface area (Å²) in [6.07, 6.45) is 1.48. The quantitative estimate of drug-likeness (QED) is 0.548. The van der Waals surface area contributed by atoms with E-state index in [-0.39, 0.29) is 11.6 Å². The van der Waals surface area contributed by atoms with Crippen LogP contribution in [0.5, 0.6) is 11.5 Å². The second-order valence-corrected chi connectivity index (χ2v) is 6.22. The van der Waals surface area contributed by atoms with Crippen LogP contribution in [0, 0.1) is 0 Å². The largest absolute Gasteiger partial charge is 0.496 e. The summed E-state index contributed by atoms with van der Waals surface area (Å²) >= 11 is 15.2. The summed E-state index contributed by atoms with van der Waals surface area (Å²) in [4.78, 5) is 11.8. The summed E-state index contributed by atoms with van der Waals surface area (Å²) in [6, 6.07) is 10.4. The van der Waals surface area contributed by atoms with E-state index in [0.29, 0.717) is 22.1 Å². The second kappa shape index (κ2) is 8.92. The van der Waals surface area contributed by atoms with Crippen LogP contribution in [0.25, 0.3) is 0 Å². The molecule has 0 aliphatic rings. The highest BCUT2D eigenvalue weighted by Gasteiger charge is 2.08. The fraction of sp³-hybridized carbons (Fsp3) is 0.125. The van der Waals surface area contributed by atoms with E-state index in [0.717, 1.165) is 4.47 Å². The standard InChI is InChI=1S/C16H13BrCl2N2O3/c1-23-13-6-5-11(17)7-10(13)8-20-21-15(22)9-24-14-4-2-3-12(18)16(14)19/h2-8H,9H2,1H3,(H,21,22). The molecule has 126 valence electrons. The molecule has 0 bridgehead atoms. The van der Waals surface area contributed by atoms with Gasteiger partial charge in [0.25, 0.3) is 5.91 Å². The van der Waals surface area contributed by atoms with Gasteiger partial charge in [-0.3, -0.25) is 4.79 Å². The van der Waals surface area contributed by atoms with Crippen molar-refractivity contribution in [3.8, 4) is 11.5 Å². The Morgan fingerprint density at radius 2 is 2.08 bits per heavy atom. The van der Waals surface area contributed by atoms with Crippen molar-refractivity contribution in [3.63, 3.8) is 0 Å². The van der Waals surface area contributed by atoms with Crippen LogP contribution in [-0.4, -0.2) is 25.8 Å². The summed E-state index contributed by atoms with van der Waals surface area (Å²) in [5, 5.41) is 4.49. The van der Waals surface area contributed by atoms with E-state index < -0.39 is 5.91 Å². The number of hydrogen-bond acceptors (Lipinski definition) is 4. The highest BCUT2D eigenvalue weighted by Crippen LogP contribution is 2.31. The Balaban J connectivity index is 1.91. The SMILES string of the molecule is COc1ccc(Br)cc1C=NNC(=O)COc1cccc(Cl)c1Cl. The van der Waals surface area contributed by atoms with Crippen molar-refractivity contribution in [2.45, 2.75) is 0 Å². The summed E-state index contributed by atoms with van der Waals surface area (Å²) in [7, 11) is 1.56. The van der Waals surface area contributed by atoms with Crippen LogP contribution < -0.4 is 14.9 Å². The molecule has 8 heteroatoms. The molecule has 5 nitrogen and oxygen atoms in total. The molecule has 0 heterocycles. The zero-order valence-electron chi connectivity index (χ0n) is 12.6. The number of amides is 1. The molecular weight excluding hydrogens is 419 g/mol. The molecule has 1 N–H and O–H groups in total. The van der Waals surface area contributed by atoms with Gasteiger partial charge in [-0.1, -0.05) is 45.2 Å². The van der Waals surface area contributed by atoms with Crippen LogP contribution in [0.4, 0.5) is 0 Å². The molecule has 2 rings (SSSR count). The Morgan fingerprint density at radius 1 is 1.29 bits per heavy atom. The van der Waals surface area contributed by atoms with E-state index in [4.69, 9.17) is 32.7 Å². The number of halogens is 3. The molecule has 1 amide bonds. The molecule has 0 fully saturated rings. The Labute approximate surface area is 157 Å². The van der Waals surface area contributed by atoms with Crippen molar-refractivity contribution in [2.24, 2.45) is 5.10 Å². The fourth-order valence-electron chi connectivity index (χ4n) is 1.75. The molecule has 0 saturated heterocycles. The minimum Gasteiger partial charge on any atom is -0.496 e. The number of hydrazone groups is 1. The maximum absolute atomic E-state index is 11.8. The number of benzene rings is 2. The molecular formula is C16H13BrCl2N2O3. The third-order valence-corrected chi connectivity index (χ3v) is 4.15. The molecule has 0 atom stereocenters. The number of carbonyl (C=O) groups excluding carboxylic acids is 1.